The van der Waals surface area contributed by atoms with Gasteiger partial charge in [0.25, 0.3) is 0 Å². The lowest BCUT2D eigenvalue weighted by Gasteiger charge is -2.29. The van der Waals surface area contributed by atoms with Crippen molar-refractivity contribution in [2.24, 2.45) is 0 Å². The molecule has 0 amide bonds. The summed E-state index contributed by atoms with van der Waals surface area (Å²) in [6.07, 6.45) is 4.17. The van der Waals surface area contributed by atoms with Crippen LogP contribution < -0.4 is 5.32 Å². The lowest BCUT2D eigenvalue weighted by molar-refractivity contribution is 0.233. The first-order valence-corrected chi connectivity index (χ1v) is 5.53. The second-order valence-corrected chi connectivity index (χ2v) is 4.17. The molecule has 1 N–H and O–H groups in total. The first-order chi connectivity index (χ1) is 7.34. The first kappa shape index (κ1) is 10.5. The van der Waals surface area contributed by atoms with Gasteiger partial charge in [-0.2, -0.15) is 10.2 Å². The van der Waals surface area contributed by atoms with Crippen molar-refractivity contribution in [2.45, 2.75) is 25.4 Å². The van der Waals surface area contributed by atoms with E-state index in [0.717, 1.165) is 12.2 Å². The van der Waals surface area contributed by atoms with Crippen molar-refractivity contribution in [3.63, 3.8) is 0 Å². The van der Waals surface area contributed by atoms with Crippen molar-refractivity contribution < 1.29 is 0 Å². The van der Waals surface area contributed by atoms with Crippen LogP contribution in [-0.2, 0) is 6.54 Å². The molecule has 15 heavy (non-hydrogen) atoms. The van der Waals surface area contributed by atoms with Crippen molar-refractivity contribution >= 4 is 0 Å². The zero-order chi connectivity index (χ0) is 10.5. The van der Waals surface area contributed by atoms with E-state index < -0.39 is 0 Å². The van der Waals surface area contributed by atoms with Crippen LogP contribution in [0.5, 0.6) is 0 Å². The third kappa shape index (κ3) is 3.25. The van der Waals surface area contributed by atoms with Crippen LogP contribution in [0.15, 0.2) is 18.3 Å². The molecule has 1 saturated heterocycles. The lowest BCUT2D eigenvalue weighted by atomic mass is 10.1. The van der Waals surface area contributed by atoms with E-state index in [1.54, 1.807) is 6.20 Å². The van der Waals surface area contributed by atoms with Gasteiger partial charge in [0.2, 0.25) is 0 Å². The van der Waals surface area contributed by atoms with Crippen molar-refractivity contribution in [1.29, 1.82) is 0 Å². The Labute approximate surface area is 90.7 Å². The van der Waals surface area contributed by atoms with Crippen LogP contribution in [-0.4, -0.2) is 41.3 Å². The van der Waals surface area contributed by atoms with Gasteiger partial charge in [-0.3, -0.25) is 0 Å². The maximum Gasteiger partial charge on any atom is 0.0769 e. The van der Waals surface area contributed by atoms with Crippen LogP contribution in [0.3, 0.4) is 0 Å². The maximum atomic E-state index is 4.06. The Hall–Kier alpha value is -1.00. The van der Waals surface area contributed by atoms with Gasteiger partial charge in [-0.25, -0.2) is 0 Å². The zero-order valence-corrected chi connectivity index (χ0v) is 9.19. The fourth-order valence-electron chi connectivity index (χ4n) is 1.89. The number of hydrogen-bond donors (Lipinski definition) is 1. The summed E-state index contributed by atoms with van der Waals surface area (Å²) in [6.45, 7) is 3.22. The van der Waals surface area contributed by atoms with Crippen LogP contribution in [0, 0.1) is 0 Å². The predicted octanol–water partition coefficient (Wildman–Crippen LogP) is 0.660. The second kappa shape index (κ2) is 5.19. The number of nitrogens with zero attached hydrogens (tertiary/aromatic N) is 3. The highest BCUT2D eigenvalue weighted by Gasteiger charge is 2.15. The number of aromatic nitrogens is 2. The number of piperidine rings is 1. The molecular weight excluding hydrogens is 188 g/mol. The van der Waals surface area contributed by atoms with E-state index in [4.69, 9.17) is 0 Å². The van der Waals surface area contributed by atoms with E-state index in [1.165, 1.54) is 25.9 Å². The minimum atomic E-state index is 0.642. The molecule has 0 radical (unpaired) electrons. The number of likely N-dealkylation sites (tertiary alicyclic amines) is 1. The number of nitrogens with one attached hydrogen (secondary N) is 1. The molecule has 4 nitrogen and oxygen atoms in total. The molecule has 4 heteroatoms. The molecule has 0 saturated carbocycles. The summed E-state index contributed by atoms with van der Waals surface area (Å²) in [5, 5.41) is 11.4. The monoisotopic (exact) mass is 206 g/mol. The van der Waals surface area contributed by atoms with Crippen molar-refractivity contribution in [3.8, 4) is 0 Å². The molecule has 0 bridgehead atoms. The lowest BCUT2D eigenvalue weighted by Crippen LogP contribution is -2.40. The van der Waals surface area contributed by atoms with E-state index in [9.17, 15) is 0 Å². The summed E-state index contributed by atoms with van der Waals surface area (Å²) in [5.74, 6) is 0. The van der Waals surface area contributed by atoms with Gasteiger partial charge in [0.05, 0.1) is 5.69 Å². The van der Waals surface area contributed by atoms with Gasteiger partial charge in [-0.15, -0.1) is 0 Å². The van der Waals surface area contributed by atoms with Crippen molar-refractivity contribution in [2.75, 3.05) is 20.1 Å². The van der Waals surface area contributed by atoms with Crippen LogP contribution in [0.4, 0.5) is 0 Å². The highest BCUT2D eigenvalue weighted by atomic mass is 15.1. The summed E-state index contributed by atoms with van der Waals surface area (Å²) < 4.78 is 0. The Morgan fingerprint density at radius 1 is 1.47 bits per heavy atom. The van der Waals surface area contributed by atoms with Gasteiger partial charge in [0.1, 0.15) is 0 Å². The summed E-state index contributed by atoms with van der Waals surface area (Å²) in [5.41, 5.74) is 1.02. The average molecular weight is 206 g/mol. The highest BCUT2D eigenvalue weighted by molar-refractivity contribution is 4.98. The Morgan fingerprint density at radius 3 is 2.93 bits per heavy atom. The van der Waals surface area contributed by atoms with Gasteiger partial charge in [-0.1, -0.05) is 0 Å². The molecule has 0 aromatic carbocycles. The fourth-order valence-corrected chi connectivity index (χ4v) is 1.89. The summed E-state index contributed by atoms with van der Waals surface area (Å²) in [7, 11) is 2.18. The molecule has 0 atom stereocenters. The van der Waals surface area contributed by atoms with Gasteiger partial charge < -0.3 is 10.2 Å². The first-order valence-electron chi connectivity index (χ1n) is 5.53. The summed E-state index contributed by atoms with van der Waals surface area (Å²) in [6, 6.07) is 4.58. The Bertz CT molecular complexity index is 280. The Kier molecular flexibility index (Phi) is 3.64. The standard InChI is InChI=1S/C11H18N4/c1-15-7-4-10(5-8-15)12-9-11-3-2-6-13-14-11/h2-3,6,10,12H,4-5,7-9H2,1H3. The molecule has 82 valence electrons. The minimum Gasteiger partial charge on any atom is -0.308 e. The Morgan fingerprint density at radius 2 is 2.27 bits per heavy atom. The molecule has 0 aliphatic carbocycles. The SMILES string of the molecule is CN1CCC(NCc2cccnn2)CC1. The predicted molar refractivity (Wildman–Crippen MR) is 59.4 cm³/mol. The molecule has 0 unspecified atom stereocenters. The van der Waals surface area contributed by atoms with Crippen LogP contribution in [0.2, 0.25) is 0 Å². The zero-order valence-electron chi connectivity index (χ0n) is 9.19. The van der Waals surface area contributed by atoms with Gasteiger partial charge in [0.15, 0.2) is 0 Å². The number of hydrogen-bond acceptors (Lipinski definition) is 4. The largest absolute Gasteiger partial charge is 0.308 e. The molecule has 1 fully saturated rings. The van der Waals surface area contributed by atoms with E-state index >= 15 is 0 Å². The van der Waals surface area contributed by atoms with Crippen molar-refractivity contribution in [3.05, 3.63) is 24.0 Å². The van der Waals surface area contributed by atoms with E-state index in [0.29, 0.717) is 6.04 Å². The highest BCUT2D eigenvalue weighted by Crippen LogP contribution is 2.08. The minimum absolute atomic E-state index is 0.642. The van der Waals surface area contributed by atoms with Gasteiger partial charge in [0, 0.05) is 18.8 Å². The molecule has 1 aromatic heterocycles. The number of rotatable bonds is 3. The smallest absolute Gasteiger partial charge is 0.0769 e. The van der Waals surface area contributed by atoms with Crippen LogP contribution in [0.25, 0.3) is 0 Å². The fraction of sp³-hybridized carbons (Fsp3) is 0.636. The molecule has 1 aliphatic rings. The van der Waals surface area contributed by atoms with E-state index in [2.05, 4.69) is 27.5 Å². The molecule has 1 aromatic rings. The van der Waals surface area contributed by atoms with Crippen LogP contribution in [0.1, 0.15) is 18.5 Å². The normalized spacial score (nSPS) is 19.3. The maximum absolute atomic E-state index is 4.06. The summed E-state index contributed by atoms with van der Waals surface area (Å²) >= 11 is 0. The molecule has 1 aliphatic heterocycles. The summed E-state index contributed by atoms with van der Waals surface area (Å²) in [4.78, 5) is 2.38. The Balaban J connectivity index is 1.74. The second-order valence-electron chi connectivity index (χ2n) is 4.17. The van der Waals surface area contributed by atoms with Gasteiger partial charge >= 0.3 is 0 Å². The quantitative estimate of drug-likeness (QED) is 0.789. The van der Waals surface area contributed by atoms with Crippen molar-refractivity contribution in [1.82, 2.24) is 20.4 Å². The topological polar surface area (TPSA) is 41.0 Å². The van der Waals surface area contributed by atoms with E-state index in [-0.39, 0.29) is 0 Å². The average Bonchev–Trinajstić information content (AvgIpc) is 2.30. The van der Waals surface area contributed by atoms with E-state index in [1.807, 2.05) is 12.1 Å². The van der Waals surface area contributed by atoms with Gasteiger partial charge in [-0.05, 0) is 45.1 Å². The molecule has 0 spiro atoms. The third-order valence-electron chi connectivity index (χ3n) is 2.92. The third-order valence-corrected chi connectivity index (χ3v) is 2.92. The molecule has 2 heterocycles. The van der Waals surface area contributed by atoms with Crippen LogP contribution >= 0.6 is 0 Å². The molecule has 2 rings (SSSR count). The molecular formula is C11H18N4.